The molecule has 1 unspecified atom stereocenters. The van der Waals surface area contributed by atoms with Crippen molar-refractivity contribution in [2.75, 3.05) is 6.54 Å². The summed E-state index contributed by atoms with van der Waals surface area (Å²) < 4.78 is 0. The Hall–Kier alpha value is -0.920. The third kappa shape index (κ3) is 3.61. The van der Waals surface area contributed by atoms with Gasteiger partial charge in [0, 0.05) is 18.0 Å². The van der Waals surface area contributed by atoms with E-state index in [-0.39, 0.29) is 11.5 Å². The largest absolute Gasteiger partial charge is 0.307 e. The fourth-order valence-electron chi connectivity index (χ4n) is 1.13. The zero-order valence-electron chi connectivity index (χ0n) is 9.66. The lowest BCUT2D eigenvalue weighted by Gasteiger charge is -2.19. The van der Waals surface area contributed by atoms with Gasteiger partial charge in [0.2, 0.25) is 0 Å². The van der Waals surface area contributed by atoms with Gasteiger partial charge < -0.3 is 5.32 Å². The molecule has 0 amide bonds. The summed E-state index contributed by atoms with van der Waals surface area (Å²) in [6.45, 7) is 8.61. The molecule has 3 nitrogen and oxygen atoms in total. The van der Waals surface area contributed by atoms with Crippen LogP contribution in [0.15, 0.2) is 5.38 Å². The van der Waals surface area contributed by atoms with Crippen LogP contribution < -0.4 is 5.32 Å². The van der Waals surface area contributed by atoms with Crippen LogP contribution in [0.5, 0.6) is 0 Å². The summed E-state index contributed by atoms with van der Waals surface area (Å²) in [7, 11) is 0. The number of thiazole rings is 1. The highest BCUT2D eigenvalue weighted by atomic mass is 32.1. The Kier molecular flexibility index (Phi) is 3.83. The molecule has 0 aliphatic heterocycles. The number of hydrogen-bond donors (Lipinski definition) is 1. The van der Waals surface area contributed by atoms with E-state index in [1.54, 1.807) is 11.3 Å². The standard InChI is InChI=1S/C11H17N3S/c1-8(10-5-15-9(2)14-10)13-7-11(3,4)6-12/h5,8,13H,7H2,1-4H3. The van der Waals surface area contributed by atoms with E-state index in [1.165, 1.54) is 0 Å². The summed E-state index contributed by atoms with van der Waals surface area (Å²) in [6.07, 6.45) is 0. The quantitative estimate of drug-likeness (QED) is 0.853. The molecule has 0 radical (unpaired) electrons. The molecule has 4 heteroatoms. The topological polar surface area (TPSA) is 48.7 Å². The first kappa shape index (κ1) is 12.2. The minimum absolute atomic E-state index is 0.211. The Balaban J connectivity index is 2.51. The van der Waals surface area contributed by atoms with Gasteiger partial charge in [-0.25, -0.2) is 4.98 Å². The Morgan fingerprint density at radius 1 is 1.67 bits per heavy atom. The van der Waals surface area contributed by atoms with E-state index in [4.69, 9.17) is 5.26 Å². The molecule has 1 aromatic rings. The molecule has 1 atom stereocenters. The molecular formula is C11H17N3S. The van der Waals surface area contributed by atoms with E-state index in [0.29, 0.717) is 6.54 Å². The van der Waals surface area contributed by atoms with Crippen molar-refractivity contribution in [1.29, 1.82) is 5.26 Å². The molecular weight excluding hydrogens is 206 g/mol. The first-order valence-electron chi connectivity index (χ1n) is 5.01. The predicted molar refractivity (Wildman–Crippen MR) is 62.7 cm³/mol. The SMILES string of the molecule is Cc1nc(C(C)NCC(C)(C)C#N)cs1. The van der Waals surface area contributed by atoms with Gasteiger partial charge in [0.05, 0.1) is 22.2 Å². The third-order valence-electron chi connectivity index (χ3n) is 2.23. The van der Waals surface area contributed by atoms with Crippen molar-refractivity contribution in [1.82, 2.24) is 10.3 Å². The van der Waals surface area contributed by atoms with Crippen molar-refractivity contribution in [2.24, 2.45) is 5.41 Å². The molecule has 1 heterocycles. The van der Waals surface area contributed by atoms with Gasteiger partial charge >= 0.3 is 0 Å². The first-order valence-corrected chi connectivity index (χ1v) is 5.89. The molecule has 0 aliphatic rings. The maximum Gasteiger partial charge on any atom is 0.0898 e. The van der Waals surface area contributed by atoms with Crippen molar-refractivity contribution < 1.29 is 0 Å². The van der Waals surface area contributed by atoms with Gasteiger partial charge in [0.15, 0.2) is 0 Å². The second-order valence-corrected chi connectivity index (χ2v) is 5.45. The Bertz CT molecular complexity index is 362. The van der Waals surface area contributed by atoms with Crippen LogP contribution in [0.4, 0.5) is 0 Å². The highest BCUT2D eigenvalue weighted by Gasteiger charge is 2.18. The summed E-state index contributed by atoms with van der Waals surface area (Å²) in [5, 5.41) is 15.3. The molecule has 1 aromatic heterocycles. The highest BCUT2D eigenvalue weighted by Crippen LogP contribution is 2.18. The summed E-state index contributed by atoms with van der Waals surface area (Å²) in [6, 6.07) is 2.48. The van der Waals surface area contributed by atoms with E-state index >= 15 is 0 Å². The minimum atomic E-state index is -0.320. The summed E-state index contributed by atoms with van der Waals surface area (Å²) in [5.74, 6) is 0. The number of nitrogens with zero attached hydrogens (tertiary/aromatic N) is 2. The van der Waals surface area contributed by atoms with Crippen LogP contribution >= 0.6 is 11.3 Å². The molecule has 0 aliphatic carbocycles. The zero-order chi connectivity index (χ0) is 11.5. The molecule has 0 aromatic carbocycles. The summed E-state index contributed by atoms with van der Waals surface area (Å²) >= 11 is 1.66. The van der Waals surface area contributed by atoms with Crippen molar-refractivity contribution >= 4 is 11.3 Å². The number of rotatable bonds is 4. The fraction of sp³-hybridized carbons (Fsp3) is 0.636. The van der Waals surface area contributed by atoms with Gasteiger partial charge in [-0.3, -0.25) is 0 Å². The Morgan fingerprint density at radius 3 is 2.80 bits per heavy atom. The van der Waals surface area contributed by atoms with Crippen LogP contribution in [-0.4, -0.2) is 11.5 Å². The fourth-order valence-corrected chi connectivity index (χ4v) is 1.84. The van der Waals surface area contributed by atoms with E-state index in [9.17, 15) is 0 Å². The lowest BCUT2D eigenvalue weighted by atomic mass is 9.95. The van der Waals surface area contributed by atoms with Gasteiger partial charge in [0.1, 0.15) is 0 Å². The van der Waals surface area contributed by atoms with E-state index in [2.05, 4.69) is 28.7 Å². The minimum Gasteiger partial charge on any atom is -0.307 e. The van der Waals surface area contributed by atoms with Gasteiger partial charge in [-0.1, -0.05) is 0 Å². The molecule has 1 rings (SSSR count). The van der Waals surface area contributed by atoms with Crippen molar-refractivity contribution in [3.05, 3.63) is 16.1 Å². The number of nitriles is 1. The molecule has 0 spiro atoms. The van der Waals surface area contributed by atoms with Crippen LogP contribution in [0.1, 0.15) is 37.5 Å². The molecule has 1 N–H and O–H groups in total. The number of nitrogens with one attached hydrogen (secondary N) is 1. The first-order chi connectivity index (χ1) is 6.94. The second kappa shape index (κ2) is 4.73. The predicted octanol–water partition coefficient (Wildman–Crippen LogP) is 2.65. The molecule has 0 saturated carbocycles. The normalized spacial score (nSPS) is 13.5. The van der Waals surface area contributed by atoms with Crippen molar-refractivity contribution in [3.8, 4) is 6.07 Å². The summed E-state index contributed by atoms with van der Waals surface area (Å²) in [4.78, 5) is 4.41. The molecule has 0 fully saturated rings. The lowest BCUT2D eigenvalue weighted by molar-refractivity contribution is 0.412. The monoisotopic (exact) mass is 223 g/mol. The van der Waals surface area contributed by atoms with Crippen LogP contribution in [0, 0.1) is 23.7 Å². The Labute approximate surface area is 95.2 Å². The smallest absolute Gasteiger partial charge is 0.0898 e. The van der Waals surface area contributed by atoms with E-state index in [1.807, 2.05) is 20.8 Å². The van der Waals surface area contributed by atoms with Crippen LogP contribution in [0.2, 0.25) is 0 Å². The van der Waals surface area contributed by atoms with Crippen LogP contribution in [0.3, 0.4) is 0 Å². The van der Waals surface area contributed by atoms with Crippen molar-refractivity contribution in [3.63, 3.8) is 0 Å². The molecule has 0 bridgehead atoms. The lowest BCUT2D eigenvalue weighted by Crippen LogP contribution is -2.30. The van der Waals surface area contributed by atoms with E-state index < -0.39 is 0 Å². The molecule has 0 saturated heterocycles. The van der Waals surface area contributed by atoms with E-state index in [0.717, 1.165) is 10.7 Å². The average molecular weight is 223 g/mol. The van der Waals surface area contributed by atoms with Gasteiger partial charge in [-0.15, -0.1) is 11.3 Å². The Morgan fingerprint density at radius 2 is 2.33 bits per heavy atom. The third-order valence-corrected chi connectivity index (χ3v) is 3.03. The van der Waals surface area contributed by atoms with Crippen LogP contribution in [0.25, 0.3) is 0 Å². The highest BCUT2D eigenvalue weighted by molar-refractivity contribution is 7.09. The van der Waals surface area contributed by atoms with Crippen LogP contribution in [-0.2, 0) is 0 Å². The van der Waals surface area contributed by atoms with Gasteiger partial charge in [-0.05, 0) is 27.7 Å². The number of hydrogen-bond acceptors (Lipinski definition) is 4. The number of aromatic nitrogens is 1. The van der Waals surface area contributed by atoms with Gasteiger partial charge in [0.25, 0.3) is 0 Å². The second-order valence-electron chi connectivity index (χ2n) is 4.39. The van der Waals surface area contributed by atoms with Gasteiger partial charge in [-0.2, -0.15) is 5.26 Å². The maximum absolute atomic E-state index is 8.88. The van der Waals surface area contributed by atoms with Crippen molar-refractivity contribution in [2.45, 2.75) is 33.7 Å². The molecule has 82 valence electrons. The average Bonchev–Trinajstić information content (AvgIpc) is 2.61. The molecule has 15 heavy (non-hydrogen) atoms. The summed E-state index contributed by atoms with van der Waals surface area (Å²) in [5.41, 5.74) is 0.741. The zero-order valence-corrected chi connectivity index (χ0v) is 10.5. The number of aryl methyl sites for hydroxylation is 1. The maximum atomic E-state index is 8.88.